The molecule has 4 aromatic heterocycles. The quantitative estimate of drug-likeness (QED) is 0.349. The van der Waals surface area contributed by atoms with Crippen LogP contribution in [0.2, 0.25) is 0 Å². The maximum absolute atomic E-state index is 13.2. The second-order valence-corrected chi connectivity index (χ2v) is 9.52. The van der Waals surface area contributed by atoms with Gasteiger partial charge in [0.2, 0.25) is 0 Å². The Bertz CT molecular complexity index is 1450. The molecule has 0 aliphatic carbocycles. The summed E-state index contributed by atoms with van der Waals surface area (Å²) < 4.78 is 7.31. The summed E-state index contributed by atoms with van der Waals surface area (Å²) in [4.78, 5) is 23.6. The van der Waals surface area contributed by atoms with Gasteiger partial charge in [-0.25, -0.2) is 14.6 Å². The highest BCUT2D eigenvalue weighted by molar-refractivity contribution is 7.14. The van der Waals surface area contributed by atoms with Gasteiger partial charge >= 0.3 is 0 Å². The first-order valence-electron chi connectivity index (χ1n) is 10.3. The van der Waals surface area contributed by atoms with Crippen molar-refractivity contribution in [3.63, 3.8) is 0 Å². The van der Waals surface area contributed by atoms with E-state index in [0.717, 1.165) is 28.3 Å². The van der Waals surface area contributed by atoms with Crippen LogP contribution in [0.25, 0.3) is 22.3 Å². The SMILES string of the molecule is COc1ccc(C)cc1-c1csc(NC(=O)c2cc(C)nc3c2cnn3Cc2cccs2)n1. The van der Waals surface area contributed by atoms with E-state index in [1.807, 2.05) is 53.6 Å². The number of thiazole rings is 1. The van der Waals surface area contributed by atoms with E-state index in [4.69, 9.17) is 4.74 Å². The number of fused-ring (bicyclic) bond motifs is 1. The third kappa shape index (κ3) is 4.24. The van der Waals surface area contributed by atoms with Gasteiger partial charge in [0.05, 0.1) is 36.5 Å². The Morgan fingerprint density at radius 2 is 2.03 bits per heavy atom. The van der Waals surface area contributed by atoms with Crippen molar-refractivity contribution in [2.75, 3.05) is 12.4 Å². The van der Waals surface area contributed by atoms with Crippen LogP contribution in [0.4, 0.5) is 5.13 Å². The maximum atomic E-state index is 13.2. The lowest BCUT2D eigenvalue weighted by molar-refractivity contribution is 0.102. The summed E-state index contributed by atoms with van der Waals surface area (Å²) in [5, 5.41) is 12.6. The number of aryl methyl sites for hydroxylation is 2. The lowest BCUT2D eigenvalue weighted by Crippen LogP contribution is -2.13. The average Bonchev–Trinajstić information content (AvgIpc) is 3.56. The molecule has 9 heteroatoms. The molecule has 0 spiro atoms. The molecule has 1 aromatic carbocycles. The number of hydrogen-bond donors (Lipinski definition) is 1. The molecule has 0 aliphatic heterocycles. The molecule has 0 unspecified atom stereocenters. The van der Waals surface area contributed by atoms with Gasteiger partial charge in [-0.05, 0) is 43.5 Å². The molecule has 0 aliphatic rings. The van der Waals surface area contributed by atoms with Gasteiger partial charge < -0.3 is 4.74 Å². The van der Waals surface area contributed by atoms with E-state index in [1.54, 1.807) is 30.7 Å². The first-order chi connectivity index (χ1) is 16.0. The number of methoxy groups -OCH3 is 1. The molecule has 33 heavy (non-hydrogen) atoms. The van der Waals surface area contributed by atoms with Gasteiger partial charge in [0.25, 0.3) is 5.91 Å². The smallest absolute Gasteiger partial charge is 0.258 e. The fourth-order valence-electron chi connectivity index (χ4n) is 3.67. The standard InChI is InChI=1S/C24H21N5O2S2/c1-14-6-7-21(31-3)18(9-14)20-13-33-24(27-20)28-23(30)17-10-15(2)26-22-19(17)11-25-29(22)12-16-5-4-8-32-16/h4-11,13H,12H2,1-3H3,(H,27,28,30). The third-order valence-corrected chi connectivity index (χ3v) is 6.84. The normalized spacial score (nSPS) is 11.1. The highest BCUT2D eigenvalue weighted by atomic mass is 32.1. The number of carbonyl (C=O) groups excluding carboxylic acids is 1. The molecule has 0 saturated heterocycles. The number of anilines is 1. The molecule has 0 atom stereocenters. The van der Waals surface area contributed by atoms with Gasteiger partial charge in [-0.1, -0.05) is 17.7 Å². The van der Waals surface area contributed by atoms with Crippen LogP contribution in [-0.4, -0.2) is 32.8 Å². The average molecular weight is 476 g/mol. The van der Waals surface area contributed by atoms with Gasteiger partial charge in [-0.15, -0.1) is 22.7 Å². The zero-order chi connectivity index (χ0) is 22.9. The molecule has 4 heterocycles. The summed E-state index contributed by atoms with van der Waals surface area (Å²) in [7, 11) is 1.64. The molecule has 166 valence electrons. The number of pyridine rings is 1. The molecule has 1 N–H and O–H groups in total. The molecule has 1 amide bonds. The Labute approximate surface area is 198 Å². The number of benzene rings is 1. The molecular formula is C24H21N5O2S2. The highest BCUT2D eigenvalue weighted by Gasteiger charge is 2.18. The number of aromatic nitrogens is 4. The van der Waals surface area contributed by atoms with E-state index in [-0.39, 0.29) is 5.91 Å². The van der Waals surface area contributed by atoms with Crippen LogP contribution in [0, 0.1) is 13.8 Å². The molecule has 7 nitrogen and oxygen atoms in total. The van der Waals surface area contributed by atoms with Gasteiger partial charge in [-0.2, -0.15) is 5.10 Å². The fraction of sp³-hybridized carbons (Fsp3) is 0.167. The first kappa shape index (κ1) is 21.3. The lowest BCUT2D eigenvalue weighted by Gasteiger charge is -2.07. The second kappa shape index (κ2) is 8.76. The van der Waals surface area contributed by atoms with E-state index in [1.165, 1.54) is 16.2 Å². The summed E-state index contributed by atoms with van der Waals surface area (Å²) in [6.07, 6.45) is 1.70. The molecule has 0 fully saturated rings. The van der Waals surface area contributed by atoms with Gasteiger partial charge in [0.15, 0.2) is 10.8 Å². The molecule has 5 rings (SSSR count). The van der Waals surface area contributed by atoms with Crippen molar-refractivity contribution in [3.05, 3.63) is 75.1 Å². The number of nitrogens with zero attached hydrogens (tertiary/aromatic N) is 4. The predicted octanol–water partition coefficient (Wildman–Crippen LogP) is 5.54. The molecule has 0 saturated carbocycles. The monoisotopic (exact) mass is 475 g/mol. The van der Waals surface area contributed by atoms with Gasteiger partial charge in [-0.3, -0.25) is 10.1 Å². The van der Waals surface area contributed by atoms with Crippen molar-refractivity contribution in [1.29, 1.82) is 0 Å². The minimum atomic E-state index is -0.238. The topological polar surface area (TPSA) is 81.9 Å². The highest BCUT2D eigenvalue weighted by Crippen LogP contribution is 2.33. The number of thiophene rings is 1. The molecule has 0 bridgehead atoms. The summed E-state index contributed by atoms with van der Waals surface area (Å²) in [6, 6.07) is 11.8. The van der Waals surface area contributed by atoms with E-state index in [2.05, 4.69) is 26.4 Å². The predicted molar refractivity (Wildman–Crippen MR) is 132 cm³/mol. The summed E-state index contributed by atoms with van der Waals surface area (Å²) >= 11 is 3.04. The van der Waals surface area contributed by atoms with E-state index in [9.17, 15) is 4.79 Å². The third-order valence-electron chi connectivity index (χ3n) is 5.22. The first-order valence-corrected chi connectivity index (χ1v) is 12.0. The number of nitrogens with one attached hydrogen (secondary N) is 1. The van der Waals surface area contributed by atoms with Gasteiger partial charge in [0, 0.05) is 21.5 Å². The summed E-state index contributed by atoms with van der Waals surface area (Å²) in [5.74, 6) is 0.506. The zero-order valence-electron chi connectivity index (χ0n) is 18.3. The minimum absolute atomic E-state index is 0.238. The Morgan fingerprint density at radius 3 is 2.82 bits per heavy atom. The zero-order valence-corrected chi connectivity index (χ0v) is 20.0. The van der Waals surface area contributed by atoms with E-state index >= 15 is 0 Å². The van der Waals surface area contributed by atoms with Crippen LogP contribution in [-0.2, 0) is 6.54 Å². The van der Waals surface area contributed by atoms with Crippen LogP contribution < -0.4 is 10.1 Å². The maximum Gasteiger partial charge on any atom is 0.258 e. The van der Waals surface area contributed by atoms with Crippen LogP contribution in [0.15, 0.2) is 53.4 Å². The van der Waals surface area contributed by atoms with Gasteiger partial charge in [0.1, 0.15) is 5.75 Å². The number of hydrogen-bond acceptors (Lipinski definition) is 7. The van der Waals surface area contributed by atoms with E-state index in [0.29, 0.717) is 28.3 Å². The largest absolute Gasteiger partial charge is 0.496 e. The van der Waals surface area contributed by atoms with Crippen molar-refractivity contribution in [1.82, 2.24) is 19.7 Å². The Morgan fingerprint density at radius 1 is 1.15 bits per heavy atom. The fourth-order valence-corrected chi connectivity index (χ4v) is 5.06. The Balaban J connectivity index is 1.43. The van der Waals surface area contributed by atoms with Crippen LogP contribution in [0.5, 0.6) is 5.75 Å². The number of ether oxygens (including phenoxy) is 1. The van der Waals surface area contributed by atoms with Crippen molar-refractivity contribution >= 4 is 44.7 Å². The minimum Gasteiger partial charge on any atom is -0.496 e. The molecular weight excluding hydrogens is 454 g/mol. The van der Waals surface area contributed by atoms with Crippen LogP contribution in [0.3, 0.4) is 0 Å². The van der Waals surface area contributed by atoms with Crippen molar-refractivity contribution in [3.8, 4) is 17.0 Å². The van der Waals surface area contributed by atoms with Crippen LogP contribution in [0.1, 0.15) is 26.5 Å². The Kier molecular flexibility index (Phi) is 5.65. The molecule has 5 aromatic rings. The van der Waals surface area contributed by atoms with Crippen molar-refractivity contribution in [2.45, 2.75) is 20.4 Å². The number of amides is 1. The van der Waals surface area contributed by atoms with E-state index < -0.39 is 0 Å². The lowest BCUT2D eigenvalue weighted by atomic mass is 10.1. The summed E-state index contributed by atoms with van der Waals surface area (Å²) in [5.41, 5.74) is 4.74. The number of rotatable bonds is 6. The number of carbonyl (C=O) groups is 1. The molecule has 0 radical (unpaired) electrons. The van der Waals surface area contributed by atoms with Crippen LogP contribution >= 0.6 is 22.7 Å². The van der Waals surface area contributed by atoms with Crippen molar-refractivity contribution < 1.29 is 9.53 Å². The summed E-state index contributed by atoms with van der Waals surface area (Å²) in [6.45, 7) is 4.52. The Hall–Kier alpha value is -3.56. The second-order valence-electron chi connectivity index (χ2n) is 7.63. The van der Waals surface area contributed by atoms with Crippen molar-refractivity contribution in [2.24, 2.45) is 0 Å².